The Labute approximate surface area is 156 Å². The molecule has 7 rings (SSSR count). The Bertz CT molecular complexity index is 875. The maximum atomic E-state index is 13.1. The molecule has 7 nitrogen and oxygen atoms in total. The van der Waals surface area contributed by atoms with Gasteiger partial charge < -0.3 is 18.9 Å². The average Bonchev–Trinajstić information content (AvgIpc) is 3.47. The first-order chi connectivity index (χ1) is 13.3. The van der Waals surface area contributed by atoms with Crippen molar-refractivity contribution in [1.29, 1.82) is 0 Å². The van der Waals surface area contributed by atoms with Gasteiger partial charge in [-0.05, 0) is 49.5 Å². The van der Waals surface area contributed by atoms with Crippen LogP contribution in [0.2, 0.25) is 0 Å². The number of amides is 1. The quantitative estimate of drug-likeness (QED) is 0.810. The lowest BCUT2D eigenvalue weighted by Gasteiger charge is -2.51. The highest BCUT2D eigenvalue weighted by atomic mass is 16.7. The molecule has 0 saturated carbocycles. The van der Waals surface area contributed by atoms with Gasteiger partial charge in [-0.15, -0.1) is 0 Å². The second-order valence-corrected chi connectivity index (χ2v) is 7.92. The van der Waals surface area contributed by atoms with Gasteiger partial charge in [-0.25, -0.2) is 0 Å². The van der Waals surface area contributed by atoms with Crippen LogP contribution in [0, 0.1) is 5.92 Å². The molecule has 5 aliphatic heterocycles. The van der Waals surface area contributed by atoms with Crippen LogP contribution in [-0.2, 0) is 0 Å². The molecule has 0 unspecified atom stereocenters. The van der Waals surface area contributed by atoms with Gasteiger partial charge in [0.2, 0.25) is 6.79 Å². The van der Waals surface area contributed by atoms with Crippen LogP contribution >= 0.6 is 0 Å². The van der Waals surface area contributed by atoms with E-state index in [4.69, 9.17) is 14.0 Å². The van der Waals surface area contributed by atoms with Crippen LogP contribution in [0.1, 0.15) is 34.8 Å². The van der Waals surface area contributed by atoms with Crippen molar-refractivity contribution in [3.8, 4) is 11.5 Å². The van der Waals surface area contributed by atoms with E-state index in [9.17, 15) is 4.79 Å². The van der Waals surface area contributed by atoms with E-state index in [0.717, 1.165) is 37.4 Å². The van der Waals surface area contributed by atoms with Crippen molar-refractivity contribution < 1.29 is 18.8 Å². The summed E-state index contributed by atoms with van der Waals surface area (Å²) in [4.78, 5) is 17.8. The first kappa shape index (κ1) is 15.5. The molecule has 1 aromatic carbocycles. The van der Waals surface area contributed by atoms with Gasteiger partial charge in [0.05, 0.1) is 6.04 Å². The van der Waals surface area contributed by atoms with Gasteiger partial charge in [0, 0.05) is 24.6 Å². The van der Waals surface area contributed by atoms with Crippen molar-refractivity contribution in [1.82, 2.24) is 15.0 Å². The minimum absolute atomic E-state index is 0.0178. The molecule has 6 heterocycles. The Balaban J connectivity index is 1.39. The second-order valence-electron chi connectivity index (χ2n) is 7.92. The summed E-state index contributed by atoms with van der Waals surface area (Å²) in [5, 5.41) is 3.89. The first-order valence-corrected chi connectivity index (χ1v) is 9.64. The minimum atomic E-state index is -0.0178. The lowest BCUT2D eigenvalue weighted by atomic mass is 9.75. The van der Waals surface area contributed by atoms with E-state index in [1.54, 1.807) is 6.07 Å². The van der Waals surface area contributed by atoms with Crippen LogP contribution in [0.4, 0.5) is 0 Å². The van der Waals surface area contributed by atoms with E-state index in [1.807, 2.05) is 11.0 Å². The molecule has 1 aromatic heterocycles. The standard InChI is InChI=1S/C20H21N3O4/c24-20(15-5-8-27-21-15)23-10-14(13-1-2-16-17(9-13)26-11-25-16)19-18(23)12-3-6-22(19)7-4-12/h1-2,5,8-9,12,14,18-19H,3-4,6-7,10-11H2/t14-,18+,19+/m1/s1. The van der Waals surface area contributed by atoms with Crippen LogP contribution in [0.3, 0.4) is 0 Å². The van der Waals surface area contributed by atoms with Gasteiger partial charge in [0.1, 0.15) is 6.26 Å². The van der Waals surface area contributed by atoms with E-state index < -0.39 is 0 Å². The number of rotatable bonds is 2. The highest BCUT2D eigenvalue weighted by molar-refractivity contribution is 5.92. The summed E-state index contributed by atoms with van der Waals surface area (Å²) < 4.78 is 16.0. The number of carbonyl (C=O) groups excluding carboxylic acids is 1. The van der Waals surface area contributed by atoms with E-state index >= 15 is 0 Å². The molecule has 1 amide bonds. The monoisotopic (exact) mass is 367 g/mol. The maximum absolute atomic E-state index is 13.1. The molecule has 4 fully saturated rings. The number of hydrogen-bond acceptors (Lipinski definition) is 6. The van der Waals surface area contributed by atoms with Crippen LogP contribution in [0.15, 0.2) is 35.1 Å². The third kappa shape index (κ3) is 2.24. The van der Waals surface area contributed by atoms with E-state index in [2.05, 4.69) is 22.2 Å². The molecule has 140 valence electrons. The fourth-order valence-electron chi connectivity index (χ4n) is 5.56. The summed E-state index contributed by atoms with van der Waals surface area (Å²) in [6.45, 7) is 3.23. The molecule has 2 aromatic rings. The summed E-state index contributed by atoms with van der Waals surface area (Å²) in [5.41, 5.74) is 1.62. The molecule has 0 spiro atoms. The molecule has 27 heavy (non-hydrogen) atoms. The van der Waals surface area contributed by atoms with E-state index in [0.29, 0.717) is 24.2 Å². The van der Waals surface area contributed by atoms with Crippen LogP contribution in [0.25, 0.3) is 0 Å². The fourth-order valence-corrected chi connectivity index (χ4v) is 5.56. The van der Waals surface area contributed by atoms with Gasteiger partial charge in [-0.2, -0.15) is 0 Å². The van der Waals surface area contributed by atoms with Gasteiger partial charge in [-0.1, -0.05) is 11.2 Å². The summed E-state index contributed by atoms with van der Waals surface area (Å²) >= 11 is 0. The molecular formula is C20H21N3O4. The van der Waals surface area contributed by atoms with Gasteiger partial charge in [0.15, 0.2) is 17.2 Å². The Kier molecular flexibility index (Phi) is 3.29. The summed E-state index contributed by atoms with van der Waals surface area (Å²) in [6, 6.07) is 8.47. The van der Waals surface area contributed by atoms with Crippen molar-refractivity contribution in [2.24, 2.45) is 5.92 Å². The molecule has 0 aliphatic carbocycles. The smallest absolute Gasteiger partial charge is 0.276 e. The zero-order chi connectivity index (χ0) is 18.0. The Hall–Kier alpha value is -2.54. The molecule has 5 aliphatic rings. The zero-order valence-electron chi connectivity index (χ0n) is 14.9. The largest absolute Gasteiger partial charge is 0.454 e. The Morgan fingerprint density at radius 3 is 2.74 bits per heavy atom. The number of aromatic nitrogens is 1. The number of hydrogen-bond donors (Lipinski definition) is 0. The fraction of sp³-hybridized carbons (Fsp3) is 0.500. The number of fused-ring (bicyclic) bond motifs is 3. The molecule has 0 radical (unpaired) electrons. The average molecular weight is 367 g/mol. The summed E-state index contributed by atoms with van der Waals surface area (Å²) in [6.07, 6.45) is 3.79. The lowest BCUT2D eigenvalue weighted by Crippen LogP contribution is -2.60. The number of ether oxygens (including phenoxy) is 2. The molecule has 4 saturated heterocycles. The predicted molar refractivity (Wildman–Crippen MR) is 94.7 cm³/mol. The molecule has 2 bridgehead atoms. The Morgan fingerprint density at radius 1 is 1.07 bits per heavy atom. The van der Waals surface area contributed by atoms with Crippen molar-refractivity contribution in [3.05, 3.63) is 41.8 Å². The third-order valence-corrected chi connectivity index (χ3v) is 6.74. The van der Waals surface area contributed by atoms with Crippen LogP contribution in [0.5, 0.6) is 11.5 Å². The van der Waals surface area contributed by atoms with Crippen molar-refractivity contribution in [2.45, 2.75) is 30.8 Å². The minimum Gasteiger partial charge on any atom is -0.454 e. The molecule has 7 heteroatoms. The maximum Gasteiger partial charge on any atom is 0.276 e. The highest BCUT2D eigenvalue weighted by Crippen LogP contribution is 2.48. The van der Waals surface area contributed by atoms with Crippen molar-refractivity contribution in [3.63, 3.8) is 0 Å². The summed E-state index contributed by atoms with van der Waals surface area (Å²) in [7, 11) is 0. The molecule has 3 atom stereocenters. The first-order valence-electron chi connectivity index (χ1n) is 9.64. The number of benzene rings is 1. The van der Waals surface area contributed by atoms with Crippen molar-refractivity contribution >= 4 is 5.91 Å². The lowest BCUT2D eigenvalue weighted by molar-refractivity contribution is -0.00369. The van der Waals surface area contributed by atoms with Crippen LogP contribution in [-0.4, -0.2) is 59.4 Å². The molecule has 0 N–H and O–H groups in total. The topological polar surface area (TPSA) is 68.0 Å². The van der Waals surface area contributed by atoms with Crippen molar-refractivity contribution in [2.75, 3.05) is 26.4 Å². The zero-order valence-corrected chi connectivity index (χ0v) is 14.9. The second kappa shape index (κ2) is 5.73. The van der Waals surface area contributed by atoms with E-state index in [-0.39, 0.29) is 24.7 Å². The predicted octanol–water partition coefficient (Wildman–Crippen LogP) is 2.11. The number of likely N-dealkylation sites (tertiary alicyclic amines) is 1. The van der Waals surface area contributed by atoms with E-state index in [1.165, 1.54) is 11.8 Å². The number of carbonyl (C=O) groups is 1. The Morgan fingerprint density at radius 2 is 1.93 bits per heavy atom. The molecular weight excluding hydrogens is 346 g/mol. The number of piperidine rings is 3. The number of nitrogens with zero attached hydrogens (tertiary/aromatic N) is 3. The van der Waals surface area contributed by atoms with Crippen LogP contribution < -0.4 is 9.47 Å². The highest BCUT2D eigenvalue weighted by Gasteiger charge is 2.55. The van der Waals surface area contributed by atoms with Gasteiger partial charge in [0.25, 0.3) is 5.91 Å². The third-order valence-electron chi connectivity index (χ3n) is 6.74. The summed E-state index contributed by atoms with van der Waals surface area (Å²) in [5.74, 6) is 2.42. The SMILES string of the molecule is O=C(c1ccon1)N1C[C@H](c2ccc3c(c2)OCO3)[C@H]2[C@@H]1C1CCN2CC1. The van der Waals surface area contributed by atoms with Gasteiger partial charge in [-0.3, -0.25) is 9.69 Å². The van der Waals surface area contributed by atoms with Gasteiger partial charge >= 0.3 is 0 Å². The normalized spacial score (nSPS) is 33.3.